The maximum Gasteiger partial charge on any atom is 0.219 e. The van der Waals surface area contributed by atoms with Crippen LogP contribution in [0, 0.1) is 6.92 Å². The van der Waals surface area contributed by atoms with Gasteiger partial charge in [0.15, 0.2) is 5.96 Å². The molecule has 1 aliphatic rings. The van der Waals surface area contributed by atoms with Gasteiger partial charge in [-0.05, 0) is 32.9 Å². The number of aliphatic imine (C=N–C) groups is 1. The van der Waals surface area contributed by atoms with Gasteiger partial charge < -0.3 is 15.5 Å². The summed E-state index contributed by atoms with van der Waals surface area (Å²) in [6.07, 6.45) is 1.01. The Hall–Kier alpha value is -1.60. The van der Waals surface area contributed by atoms with Gasteiger partial charge in [0.2, 0.25) is 5.91 Å². The van der Waals surface area contributed by atoms with Crippen molar-refractivity contribution < 1.29 is 4.79 Å². The van der Waals surface area contributed by atoms with E-state index in [0.29, 0.717) is 6.04 Å². The average molecular weight is 380 g/mol. The van der Waals surface area contributed by atoms with E-state index in [-0.39, 0.29) is 5.91 Å². The zero-order valence-corrected chi connectivity index (χ0v) is 17.4. The smallest absolute Gasteiger partial charge is 0.219 e. The monoisotopic (exact) mass is 379 g/mol. The van der Waals surface area contributed by atoms with Gasteiger partial charge in [-0.1, -0.05) is 0 Å². The van der Waals surface area contributed by atoms with Crippen molar-refractivity contribution in [3.8, 4) is 0 Å². The van der Waals surface area contributed by atoms with Gasteiger partial charge in [0.05, 0.1) is 6.54 Å². The number of carbonyl (C=O) groups is 1. The molecule has 146 valence electrons. The second kappa shape index (κ2) is 10.5. The number of thiophene rings is 1. The highest BCUT2D eigenvalue weighted by Gasteiger charge is 2.17. The van der Waals surface area contributed by atoms with Crippen molar-refractivity contribution in [2.75, 3.05) is 45.8 Å². The van der Waals surface area contributed by atoms with E-state index in [1.54, 1.807) is 6.92 Å². The topological polar surface area (TPSA) is 60.0 Å². The predicted molar refractivity (Wildman–Crippen MR) is 110 cm³/mol. The van der Waals surface area contributed by atoms with Crippen molar-refractivity contribution in [3.05, 3.63) is 21.9 Å². The molecule has 7 heteroatoms. The Morgan fingerprint density at radius 3 is 2.62 bits per heavy atom. The number of hydrogen-bond donors (Lipinski definition) is 2. The molecule has 6 nitrogen and oxygen atoms in total. The molecule has 1 aromatic heterocycles. The first-order valence-electron chi connectivity index (χ1n) is 9.56. The number of rotatable bonds is 7. The van der Waals surface area contributed by atoms with Crippen LogP contribution in [0.25, 0.3) is 0 Å². The zero-order valence-electron chi connectivity index (χ0n) is 16.5. The van der Waals surface area contributed by atoms with Gasteiger partial charge in [-0.2, -0.15) is 0 Å². The Labute approximate surface area is 161 Å². The fourth-order valence-electron chi connectivity index (χ4n) is 3.09. The van der Waals surface area contributed by atoms with Crippen LogP contribution in [0.5, 0.6) is 0 Å². The van der Waals surface area contributed by atoms with Crippen LogP contribution in [-0.4, -0.2) is 73.5 Å². The molecule has 0 bridgehead atoms. The van der Waals surface area contributed by atoms with E-state index in [2.05, 4.69) is 48.4 Å². The Balaban J connectivity index is 1.76. The molecular formula is C19H33N5OS. The second-order valence-corrected chi connectivity index (χ2v) is 8.24. The van der Waals surface area contributed by atoms with Gasteiger partial charge in [0, 0.05) is 68.4 Å². The molecule has 0 aromatic carbocycles. The average Bonchev–Trinajstić information content (AvgIpc) is 3.00. The normalized spacial score (nSPS) is 17.2. The Bertz CT molecular complexity index is 593. The molecule has 0 saturated carbocycles. The Morgan fingerprint density at radius 1 is 1.31 bits per heavy atom. The lowest BCUT2D eigenvalue weighted by Gasteiger charge is -2.33. The van der Waals surface area contributed by atoms with Crippen molar-refractivity contribution in [1.29, 1.82) is 0 Å². The summed E-state index contributed by atoms with van der Waals surface area (Å²) < 4.78 is 0. The first-order chi connectivity index (χ1) is 12.5. The minimum Gasteiger partial charge on any atom is -0.357 e. The molecule has 2 N–H and O–H groups in total. The molecule has 2 rings (SSSR count). The minimum absolute atomic E-state index is 0.177. The van der Waals surface area contributed by atoms with Crippen LogP contribution in [0.1, 0.15) is 30.5 Å². The third-order valence-electron chi connectivity index (χ3n) is 4.53. The van der Waals surface area contributed by atoms with Crippen molar-refractivity contribution in [2.45, 2.75) is 40.2 Å². The number of carbonyl (C=O) groups excluding carboxylic acids is 1. The lowest BCUT2D eigenvalue weighted by Crippen LogP contribution is -2.48. The van der Waals surface area contributed by atoms with Gasteiger partial charge in [-0.15, -0.1) is 11.3 Å². The van der Waals surface area contributed by atoms with Crippen molar-refractivity contribution in [3.63, 3.8) is 0 Å². The van der Waals surface area contributed by atoms with E-state index in [1.165, 1.54) is 9.75 Å². The number of aryl methyl sites for hydroxylation is 1. The minimum atomic E-state index is 0.177. The fourth-order valence-corrected chi connectivity index (χ4v) is 4.11. The molecule has 2 heterocycles. The molecule has 1 aromatic rings. The van der Waals surface area contributed by atoms with Gasteiger partial charge in [-0.3, -0.25) is 14.7 Å². The summed E-state index contributed by atoms with van der Waals surface area (Å²) in [5, 5.41) is 6.84. The lowest BCUT2D eigenvalue weighted by molar-refractivity contribution is -0.130. The highest BCUT2D eigenvalue weighted by molar-refractivity contribution is 7.11. The molecule has 0 spiro atoms. The van der Waals surface area contributed by atoms with Gasteiger partial charge in [0.1, 0.15) is 0 Å². The second-order valence-electron chi connectivity index (χ2n) is 6.87. The Morgan fingerprint density at radius 2 is 2.04 bits per heavy atom. The summed E-state index contributed by atoms with van der Waals surface area (Å²) in [5.74, 6) is 1.06. The maximum absolute atomic E-state index is 11.4. The number of guanidine groups is 1. The molecule has 1 aliphatic heterocycles. The van der Waals surface area contributed by atoms with Crippen molar-refractivity contribution in [1.82, 2.24) is 20.4 Å². The van der Waals surface area contributed by atoms with E-state index < -0.39 is 0 Å². The molecule has 0 aliphatic carbocycles. The summed E-state index contributed by atoms with van der Waals surface area (Å²) in [5.41, 5.74) is 0. The molecule has 26 heavy (non-hydrogen) atoms. The van der Waals surface area contributed by atoms with E-state index in [0.717, 1.165) is 58.2 Å². The zero-order chi connectivity index (χ0) is 18.9. The molecule has 1 unspecified atom stereocenters. The fraction of sp³-hybridized carbons (Fsp3) is 0.684. The van der Waals surface area contributed by atoms with Gasteiger partial charge >= 0.3 is 0 Å². The molecule has 1 atom stereocenters. The summed E-state index contributed by atoms with van der Waals surface area (Å²) >= 11 is 1.86. The summed E-state index contributed by atoms with van der Waals surface area (Å²) in [4.78, 5) is 23.2. The SMILES string of the molecule is CCNC(=NCCN1CCN(C(C)=O)CC1)NC(C)Cc1ccc(C)s1. The maximum atomic E-state index is 11.4. The number of nitrogens with zero attached hydrogens (tertiary/aromatic N) is 3. The van der Waals surface area contributed by atoms with Gasteiger partial charge in [0.25, 0.3) is 0 Å². The predicted octanol–water partition coefficient (Wildman–Crippen LogP) is 1.71. The largest absolute Gasteiger partial charge is 0.357 e. The number of piperazine rings is 1. The van der Waals surface area contributed by atoms with Gasteiger partial charge in [-0.25, -0.2) is 0 Å². The quantitative estimate of drug-likeness (QED) is 0.559. The van der Waals surface area contributed by atoms with Crippen LogP contribution < -0.4 is 10.6 Å². The molecule has 0 radical (unpaired) electrons. The summed E-state index contributed by atoms with van der Waals surface area (Å²) in [6, 6.07) is 4.73. The highest BCUT2D eigenvalue weighted by Crippen LogP contribution is 2.16. The van der Waals surface area contributed by atoms with E-state index in [9.17, 15) is 4.79 Å². The van der Waals surface area contributed by atoms with Crippen LogP contribution in [0.2, 0.25) is 0 Å². The van der Waals surface area contributed by atoms with E-state index in [4.69, 9.17) is 4.99 Å². The first-order valence-corrected chi connectivity index (χ1v) is 10.4. The van der Waals surface area contributed by atoms with Crippen LogP contribution in [0.3, 0.4) is 0 Å². The van der Waals surface area contributed by atoms with Crippen LogP contribution in [0.4, 0.5) is 0 Å². The standard InChI is InChI=1S/C19H33N5OS/c1-5-20-19(22-15(2)14-18-7-6-16(3)26-18)21-8-9-23-10-12-24(13-11-23)17(4)25/h6-7,15H,5,8-14H2,1-4H3,(H2,20,21,22). The number of hydrogen-bond acceptors (Lipinski definition) is 4. The molecule has 1 saturated heterocycles. The number of nitrogens with one attached hydrogen (secondary N) is 2. The molecule has 1 fully saturated rings. The summed E-state index contributed by atoms with van der Waals surface area (Å²) in [7, 11) is 0. The van der Waals surface area contributed by atoms with E-state index in [1.807, 2.05) is 16.2 Å². The third kappa shape index (κ3) is 6.96. The lowest BCUT2D eigenvalue weighted by atomic mass is 10.2. The van der Waals surface area contributed by atoms with Crippen LogP contribution >= 0.6 is 11.3 Å². The summed E-state index contributed by atoms with van der Waals surface area (Å²) in [6.45, 7) is 14.2. The van der Waals surface area contributed by atoms with Crippen molar-refractivity contribution in [2.24, 2.45) is 4.99 Å². The first kappa shape index (κ1) is 20.7. The number of amides is 1. The Kier molecular flexibility index (Phi) is 8.38. The van der Waals surface area contributed by atoms with E-state index >= 15 is 0 Å². The van der Waals surface area contributed by atoms with Crippen LogP contribution in [-0.2, 0) is 11.2 Å². The van der Waals surface area contributed by atoms with Crippen LogP contribution in [0.15, 0.2) is 17.1 Å². The van der Waals surface area contributed by atoms with Crippen molar-refractivity contribution >= 4 is 23.2 Å². The molecule has 1 amide bonds. The molecular weight excluding hydrogens is 346 g/mol. The third-order valence-corrected chi connectivity index (χ3v) is 5.56. The highest BCUT2D eigenvalue weighted by atomic mass is 32.1.